The summed E-state index contributed by atoms with van der Waals surface area (Å²) in [7, 11) is -3.86. The number of aromatic nitrogens is 1. The van der Waals surface area contributed by atoms with Crippen LogP contribution < -0.4 is 4.72 Å². The first-order chi connectivity index (χ1) is 9.24. The number of pyridine rings is 1. The smallest absolute Gasteiger partial charge is 0.307 e. The zero-order valence-electron chi connectivity index (χ0n) is 11.2. The Bertz CT molecular complexity index is 575. The van der Waals surface area contributed by atoms with Crippen LogP contribution in [0.1, 0.15) is 20.3 Å². The van der Waals surface area contributed by atoms with Crippen molar-refractivity contribution in [1.29, 1.82) is 0 Å². The van der Waals surface area contributed by atoms with Crippen molar-refractivity contribution in [3.05, 3.63) is 23.5 Å². The molecule has 0 saturated heterocycles. The minimum atomic E-state index is -3.86. The summed E-state index contributed by atoms with van der Waals surface area (Å²) in [5.41, 5.74) is 0. The summed E-state index contributed by atoms with van der Waals surface area (Å²) in [5, 5.41) is 8.93. The molecule has 1 rings (SSSR count). The molecule has 1 aromatic rings. The Balaban J connectivity index is 2.82. The zero-order valence-corrected chi connectivity index (χ0v) is 12.8. The molecule has 8 heteroatoms. The SMILES string of the molecule is CC(C)CC(CNS(=O)(=O)c1cccnc1Cl)C(=O)O. The summed E-state index contributed by atoms with van der Waals surface area (Å²) in [6.07, 6.45) is 1.76. The molecule has 0 aliphatic rings. The molecule has 2 N–H and O–H groups in total. The Morgan fingerprint density at radius 2 is 2.15 bits per heavy atom. The molecule has 1 aromatic heterocycles. The van der Waals surface area contributed by atoms with Crippen molar-refractivity contribution in [2.24, 2.45) is 11.8 Å². The van der Waals surface area contributed by atoms with Gasteiger partial charge in [0.25, 0.3) is 0 Å². The first-order valence-electron chi connectivity index (χ1n) is 6.07. The number of hydrogen-bond donors (Lipinski definition) is 2. The Hall–Kier alpha value is -1.18. The average molecular weight is 321 g/mol. The predicted octanol–water partition coefficient (Wildman–Crippen LogP) is 1.76. The molecular formula is C12H17ClN2O4S. The largest absolute Gasteiger partial charge is 0.481 e. The van der Waals surface area contributed by atoms with Gasteiger partial charge in [-0.25, -0.2) is 18.1 Å². The monoisotopic (exact) mass is 320 g/mol. The summed E-state index contributed by atoms with van der Waals surface area (Å²) in [5.74, 6) is -1.65. The average Bonchev–Trinajstić information content (AvgIpc) is 2.34. The number of nitrogens with one attached hydrogen (secondary N) is 1. The lowest BCUT2D eigenvalue weighted by Crippen LogP contribution is -2.33. The maximum absolute atomic E-state index is 12.0. The first-order valence-corrected chi connectivity index (χ1v) is 7.93. The molecule has 0 aliphatic carbocycles. The molecule has 0 radical (unpaired) electrons. The molecule has 0 saturated carbocycles. The van der Waals surface area contributed by atoms with Crippen molar-refractivity contribution in [3.8, 4) is 0 Å². The molecule has 0 aliphatic heterocycles. The van der Waals surface area contributed by atoms with Gasteiger partial charge >= 0.3 is 5.97 Å². The van der Waals surface area contributed by atoms with Gasteiger partial charge in [0.1, 0.15) is 10.0 Å². The van der Waals surface area contributed by atoms with Crippen LogP contribution in [0.5, 0.6) is 0 Å². The van der Waals surface area contributed by atoms with Gasteiger partial charge in [-0.1, -0.05) is 25.4 Å². The van der Waals surface area contributed by atoms with Gasteiger partial charge in [0.05, 0.1) is 5.92 Å². The number of nitrogens with zero attached hydrogens (tertiary/aromatic N) is 1. The van der Waals surface area contributed by atoms with Crippen LogP contribution in [-0.2, 0) is 14.8 Å². The lowest BCUT2D eigenvalue weighted by atomic mass is 9.98. The molecule has 0 bridgehead atoms. The minimum Gasteiger partial charge on any atom is -0.481 e. The quantitative estimate of drug-likeness (QED) is 0.746. The molecule has 0 spiro atoms. The fourth-order valence-electron chi connectivity index (χ4n) is 1.70. The van der Waals surface area contributed by atoms with E-state index in [1.807, 2.05) is 13.8 Å². The second kappa shape index (κ2) is 7.01. The van der Waals surface area contributed by atoms with E-state index in [4.69, 9.17) is 16.7 Å². The number of carbonyl (C=O) groups is 1. The summed E-state index contributed by atoms with van der Waals surface area (Å²) in [6, 6.07) is 2.76. The van der Waals surface area contributed by atoms with E-state index in [0.29, 0.717) is 6.42 Å². The molecular weight excluding hydrogens is 304 g/mol. The van der Waals surface area contributed by atoms with E-state index in [-0.39, 0.29) is 22.5 Å². The minimum absolute atomic E-state index is 0.143. The molecule has 112 valence electrons. The highest BCUT2D eigenvalue weighted by Gasteiger charge is 2.24. The van der Waals surface area contributed by atoms with Gasteiger partial charge in [-0.2, -0.15) is 0 Å². The maximum Gasteiger partial charge on any atom is 0.307 e. The number of carboxylic acids is 1. The fourth-order valence-corrected chi connectivity index (χ4v) is 3.23. The van der Waals surface area contributed by atoms with Crippen molar-refractivity contribution >= 4 is 27.6 Å². The molecule has 0 amide bonds. The van der Waals surface area contributed by atoms with E-state index in [9.17, 15) is 13.2 Å². The highest BCUT2D eigenvalue weighted by Crippen LogP contribution is 2.18. The Morgan fingerprint density at radius 1 is 1.50 bits per heavy atom. The molecule has 1 unspecified atom stereocenters. The molecule has 20 heavy (non-hydrogen) atoms. The van der Waals surface area contributed by atoms with Crippen LogP contribution in [0.25, 0.3) is 0 Å². The van der Waals surface area contributed by atoms with E-state index in [2.05, 4.69) is 9.71 Å². The summed E-state index contributed by atoms with van der Waals surface area (Å²) in [6.45, 7) is 3.58. The molecule has 0 fully saturated rings. The number of aliphatic carboxylic acids is 1. The van der Waals surface area contributed by atoms with Crippen LogP contribution >= 0.6 is 11.6 Å². The molecule has 1 heterocycles. The normalized spacial score (nSPS) is 13.4. The second-order valence-corrected chi connectivity index (χ2v) is 6.90. The van der Waals surface area contributed by atoms with Crippen LogP contribution in [0.15, 0.2) is 23.2 Å². The summed E-state index contributed by atoms with van der Waals surface area (Å²) >= 11 is 5.72. The van der Waals surface area contributed by atoms with E-state index in [0.717, 1.165) is 0 Å². The summed E-state index contributed by atoms with van der Waals surface area (Å²) in [4.78, 5) is 14.6. The van der Waals surface area contributed by atoms with Crippen LogP contribution in [0, 0.1) is 11.8 Å². The Labute approximate surface area is 123 Å². The zero-order chi connectivity index (χ0) is 15.3. The Morgan fingerprint density at radius 3 is 2.65 bits per heavy atom. The third-order valence-electron chi connectivity index (χ3n) is 2.64. The van der Waals surface area contributed by atoms with E-state index < -0.39 is 21.9 Å². The van der Waals surface area contributed by atoms with Gasteiger partial charge in [-0.15, -0.1) is 0 Å². The van der Waals surface area contributed by atoms with E-state index in [1.54, 1.807) is 0 Å². The van der Waals surface area contributed by atoms with Gasteiger partial charge in [0.15, 0.2) is 0 Å². The van der Waals surface area contributed by atoms with Crippen LogP contribution in [0.3, 0.4) is 0 Å². The van der Waals surface area contributed by atoms with Crippen molar-refractivity contribution in [1.82, 2.24) is 9.71 Å². The number of sulfonamides is 1. The van der Waals surface area contributed by atoms with Gasteiger partial charge in [-0.3, -0.25) is 4.79 Å². The van der Waals surface area contributed by atoms with E-state index >= 15 is 0 Å². The number of halogens is 1. The van der Waals surface area contributed by atoms with Crippen molar-refractivity contribution in [2.45, 2.75) is 25.2 Å². The van der Waals surface area contributed by atoms with Crippen LogP contribution in [0.4, 0.5) is 0 Å². The molecule has 6 nitrogen and oxygen atoms in total. The van der Waals surface area contributed by atoms with Crippen molar-refractivity contribution < 1.29 is 18.3 Å². The molecule has 0 aromatic carbocycles. The highest BCUT2D eigenvalue weighted by atomic mass is 35.5. The van der Waals surface area contributed by atoms with Crippen molar-refractivity contribution in [3.63, 3.8) is 0 Å². The number of carboxylic acid groups (broad SMARTS) is 1. The second-order valence-electron chi connectivity index (χ2n) is 4.81. The standard InChI is InChI=1S/C12H17ClN2O4S/c1-8(2)6-9(12(16)17)7-15-20(18,19)10-4-3-5-14-11(10)13/h3-5,8-9,15H,6-7H2,1-2H3,(H,16,17). The number of rotatable bonds is 7. The van der Waals surface area contributed by atoms with Gasteiger partial charge in [0, 0.05) is 12.7 Å². The molecule has 1 atom stereocenters. The lowest BCUT2D eigenvalue weighted by molar-refractivity contribution is -0.142. The van der Waals surface area contributed by atoms with Gasteiger partial charge < -0.3 is 5.11 Å². The third kappa shape index (κ3) is 4.73. The third-order valence-corrected chi connectivity index (χ3v) is 4.51. The van der Waals surface area contributed by atoms with Crippen molar-refractivity contribution in [2.75, 3.05) is 6.54 Å². The fraction of sp³-hybridized carbons (Fsp3) is 0.500. The topological polar surface area (TPSA) is 96.4 Å². The van der Waals surface area contributed by atoms with Crippen LogP contribution in [-0.4, -0.2) is 31.0 Å². The van der Waals surface area contributed by atoms with E-state index in [1.165, 1.54) is 18.3 Å². The van der Waals surface area contributed by atoms with Gasteiger partial charge in [0.2, 0.25) is 10.0 Å². The number of hydrogen-bond acceptors (Lipinski definition) is 4. The highest BCUT2D eigenvalue weighted by molar-refractivity contribution is 7.89. The Kier molecular flexibility index (Phi) is 5.91. The predicted molar refractivity (Wildman–Crippen MR) is 75.0 cm³/mol. The lowest BCUT2D eigenvalue weighted by Gasteiger charge is -2.15. The van der Waals surface area contributed by atoms with Gasteiger partial charge in [-0.05, 0) is 24.5 Å². The maximum atomic E-state index is 12.0. The van der Waals surface area contributed by atoms with Crippen LogP contribution in [0.2, 0.25) is 5.15 Å². The summed E-state index contributed by atoms with van der Waals surface area (Å²) < 4.78 is 26.3. The first kappa shape index (κ1) is 16.9.